The number of carbonyl (C=O) groups is 5. The van der Waals surface area contributed by atoms with Gasteiger partial charge in [0, 0.05) is 31.9 Å². The van der Waals surface area contributed by atoms with Crippen molar-refractivity contribution in [3.8, 4) is 0 Å². The fraction of sp³-hybridized carbons (Fsp3) is 0.407. The molecule has 0 aliphatic carbocycles. The van der Waals surface area contributed by atoms with Crippen LogP contribution in [0.25, 0.3) is 0 Å². The largest absolute Gasteiger partial charge is 0.354 e. The summed E-state index contributed by atoms with van der Waals surface area (Å²) in [6.45, 7) is 4.35. The van der Waals surface area contributed by atoms with Gasteiger partial charge in [-0.2, -0.15) is 0 Å². The predicted octanol–water partition coefficient (Wildman–Crippen LogP) is 1.62. The van der Waals surface area contributed by atoms with Crippen LogP contribution in [0.15, 0.2) is 53.5 Å². The van der Waals surface area contributed by atoms with Crippen LogP contribution >= 0.6 is 0 Å². The van der Waals surface area contributed by atoms with Gasteiger partial charge in [-0.1, -0.05) is 44.9 Å². The van der Waals surface area contributed by atoms with E-state index in [1.165, 1.54) is 25.4 Å². The van der Waals surface area contributed by atoms with Gasteiger partial charge in [0.2, 0.25) is 17.6 Å². The first-order valence-electron chi connectivity index (χ1n) is 12.8. The van der Waals surface area contributed by atoms with E-state index in [9.17, 15) is 28.8 Å². The molecule has 1 heterocycles. The Morgan fingerprint density at radius 2 is 1.62 bits per heavy atom. The molecule has 0 aliphatic heterocycles. The summed E-state index contributed by atoms with van der Waals surface area (Å²) in [6.07, 6.45) is 2.76. The number of nitrogens with one attached hydrogen (secondary N) is 5. The Morgan fingerprint density at radius 3 is 2.26 bits per heavy atom. The van der Waals surface area contributed by atoms with E-state index in [2.05, 4.69) is 26.6 Å². The van der Waals surface area contributed by atoms with Gasteiger partial charge in [-0.25, -0.2) is 4.79 Å². The third-order valence-corrected chi connectivity index (χ3v) is 6.13. The van der Waals surface area contributed by atoms with Crippen molar-refractivity contribution < 1.29 is 24.0 Å². The van der Waals surface area contributed by atoms with E-state index in [0.717, 1.165) is 17.4 Å². The van der Waals surface area contributed by atoms with Gasteiger partial charge in [-0.15, -0.1) is 0 Å². The maximum atomic E-state index is 13.1. The predicted molar refractivity (Wildman–Crippen MR) is 147 cm³/mol. The molecule has 1 aromatic heterocycles. The number of para-hydroxylation sites is 1. The molecular weight excluding hydrogens is 504 g/mol. The lowest BCUT2D eigenvalue weighted by molar-refractivity contribution is -0.137. The van der Waals surface area contributed by atoms with Crippen molar-refractivity contribution in [2.75, 3.05) is 24.2 Å². The molecule has 0 radical (unpaired) electrons. The quantitative estimate of drug-likeness (QED) is 0.228. The number of pyridine rings is 1. The number of benzene rings is 1. The van der Waals surface area contributed by atoms with Gasteiger partial charge in [0.1, 0.15) is 18.3 Å². The SMILES string of the molecule is CCC(CC)CNC(=O)Cn1cccc(NC(=O)C(CCC(=O)C(=O)NC)NC(=O)Nc2ccccc2)c1=O. The zero-order valence-electron chi connectivity index (χ0n) is 22.4. The zero-order chi connectivity index (χ0) is 28.8. The second kappa shape index (κ2) is 15.7. The van der Waals surface area contributed by atoms with Gasteiger partial charge in [-0.3, -0.25) is 24.0 Å². The van der Waals surface area contributed by atoms with E-state index in [1.807, 2.05) is 13.8 Å². The van der Waals surface area contributed by atoms with Gasteiger partial charge in [0.15, 0.2) is 0 Å². The Hall–Kier alpha value is -4.48. The first-order valence-corrected chi connectivity index (χ1v) is 12.8. The van der Waals surface area contributed by atoms with Crippen LogP contribution in [-0.4, -0.2) is 53.7 Å². The normalized spacial score (nSPS) is 11.3. The summed E-state index contributed by atoms with van der Waals surface area (Å²) in [6, 6.07) is 9.41. The number of aromatic nitrogens is 1. The number of urea groups is 1. The van der Waals surface area contributed by atoms with Crippen LogP contribution in [0.3, 0.4) is 0 Å². The minimum Gasteiger partial charge on any atom is -0.354 e. The second-order valence-corrected chi connectivity index (χ2v) is 8.89. The highest BCUT2D eigenvalue weighted by atomic mass is 16.2. The fourth-order valence-electron chi connectivity index (χ4n) is 3.67. The molecule has 210 valence electrons. The summed E-state index contributed by atoms with van der Waals surface area (Å²) in [7, 11) is 1.31. The number of hydrogen-bond acceptors (Lipinski definition) is 6. The molecule has 2 rings (SSSR count). The van der Waals surface area contributed by atoms with Crippen LogP contribution < -0.4 is 32.1 Å². The monoisotopic (exact) mass is 540 g/mol. The smallest absolute Gasteiger partial charge is 0.319 e. The van der Waals surface area contributed by atoms with Crippen LogP contribution in [0.5, 0.6) is 0 Å². The summed E-state index contributed by atoms with van der Waals surface area (Å²) >= 11 is 0. The number of rotatable bonds is 14. The Kier molecular flexibility index (Phi) is 12.4. The molecule has 39 heavy (non-hydrogen) atoms. The Bertz CT molecular complexity index is 1210. The van der Waals surface area contributed by atoms with E-state index in [0.29, 0.717) is 18.2 Å². The maximum Gasteiger partial charge on any atom is 0.319 e. The molecule has 0 spiro atoms. The number of carbonyl (C=O) groups excluding carboxylic acids is 5. The number of likely N-dealkylation sites (N-methyl/N-ethyl adjacent to an activating group) is 1. The van der Waals surface area contributed by atoms with Crippen LogP contribution in [-0.2, 0) is 25.7 Å². The van der Waals surface area contributed by atoms with Gasteiger partial charge < -0.3 is 31.2 Å². The van der Waals surface area contributed by atoms with Crippen molar-refractivity contribution in [3.63, 3.8) is 0 Å². The van der Waals surface area contributed by atoms with Gasteiger partial charge in [0.05, 0.1) is 0 Å². The molecule has 5 amide bonds. The lowest BCUT2D eigenvalue weighted by atomic mass is 10.0. The average Bonchev–Trinajstić information content (AvgIpc) is 2.93. The Morgan fingerprint density at radius 1 is 0.923 bits per heavy atom. The molecule has 1 atom stereocenters. The Balaban J connectivity index is 2.13. The summed E-state index contributed by atoms with van der Waals surface area (Å²) in [5.41, 5.74) is -0.246. The van der Waals surface area contributed by atoms with Crippen LogP contribution in [0.2, 0.25) is 0 Å². The molecule has 0 saturated heterocycles. The minimum atomic E-state index is -1.25. The Labute approximate surface area is 226 Å². The summed E-state index contributed by atoms with van der Waals surface area (Å²) in [4.78, 5) is 74.5. The fourth-order valence-corrected chi connectivity index (χ4v) is 3.67. The highest BCUT2D eigenvalue weighted by molar-refractivity contribution is 6.36. The summed E-state index contributed by atoms with van der Waals surface area (Å²) in [5, 5.41) is 12.6. The first-order chi connectivity index (χ1) is 18.7. The first kappa shape index (κ1) is 30.7. The third-order valence-electron chi connectivity index (χ3n) is 6.13. The highest BCUT2D eigenvalue weighted by Gasteiger charge is 2.24. The number of nitrogens with zero attached hydrogens (tertiary/aromatic N) is 1. The van der Waals surface area contributed by atoms with E-state index >= 15 is 0 Å². The third kappa shape index (κ3) is 10.1. The van der Waals surface area contributed by atoms with Crippen molar-refractivity contribution in [3.05, 3.63) is 59.0 Å². The molecule has 1 aromatic carbocycles. The van der Waals surface area contributed by atoms with E-state index in [1.54, 1.807) is 30.3 Å². The van der Waals surface area contributed by atoms with E-state index in [4.69, 9.17) is 0 Å². The molecule has 0 aliphatic rings. The molecule has 12 nitrogen and oxygen atoms in total. The van der Waals surface area contributed by atoms with Crippen molar-refractivity contribution in [1.82, 2.24) is 20.5 Å². The molecule has 0 bridgehead atoms. The maximum absolute atomic E-state index is 13.1. The number of amides is 5. The van der Waals surface area contributed by atoms with E-state index in [-0.39, 0.29) is 31.0 Å². The minimum absolute atomic E-state index is 0.108. The number of anilines is 2. The van der Waals surface area contributed by atoms with Crippen molar-refractivity contribution in [1.29, 1.82) is 0 Å². The average molecular weight is 541 g/mol. The number of Topliss-reactive ketones (excluding diaryl/α,β-unsaturated/α-hetero) is 1. The van der Waals surface area contributed by atoms with Crippen LogP contribution in [0.4, 0.5) is 16.2 Å². The highest BCUT2D eigenvalue weighted by Crippen LogP contribution is 2.08. The van der Waals surface area contributed by atoms with Crippen molar-refractivity contribution in [2.45, 2.75) is 52.1 Å². The topological polar surface area (TPSA) is 168 Å². The summed E-state index contributed by atoms with van der Waals surface area (Å²) < 4.78 is 1.16. The molecule has 1 unspecified atom stereocenters. The van der Waals surface area contributed by atoms with Crippen molar-refractivity contribution in [2.24, 2.45) is 5.92 Å². The standard InChI is InChI=1S/C27H36N6O6/c1-4-18(5-2)16-29-23(35)17-33-15-9-12-21(26(33)38)31-24(36)20(13-14-22(34)25(37)28-3)32-27(39)30-19-10-7-6-8-11-19/h6-12,15,18,20H,4-5,13-14,16-17H2,1-3H3,(H,28,37)(H,29,35)(H,31,36)(H2,30,32,39). The molecular formula is C27H36N6O6. The van der Waals surface area contributed by atoms with Crippen LogP contribution in [0, 0.1) is 5.92 Å². The lowest BCUT2D eigenvalue weighted by Gasteiger charge is -2.19. The zero-order valence-corrected chi connectivity index (χ0v) is 22.4. The number of ketones is 1. The molecule has 0 fully saturated rings. The molecule has 5 N–H and O–H groups in total. The van der Waals surface area contributed by atoms with Crippen LogP contribution in [0.1, 0.15) is 39.5 Å². The second-order valence-electron chi connectivity index (χ2n) is 8.89. The van der Waals surface area contributed by atoms with Gasteiger partial charge in [0.25, 0.3) is 11.5 Å². The molecule has 0 saturated carbocycles. The van der Waals surface area contributed by atoms with E-state index < -0.39 is 35.2 Å². The summed E-state index contributed by atoms with van der Waals surface area (Å²) in [5.74, 6) is -2.35. The molecule has 2 aromatic rings. The molecule has 12 heteroatoms. The van der Waals surface area contributed by atoms with Gasteiger partial charge in [-0.05, 0) is 36.6 Å². The van der Waals surface area contributed by atoms with Crippen molar-refractivity contribution >= 4 is 40.9 Å². The number of hydrogen-bond donors (Lipinski definition) is 5. The van der Waals surface area contributed by atoms with Gasteiger partial charge >= 0.3 is 6.03 Å². The lowest BCUT2D eigenvalue weighted by Crippen LogP contribution is -2.47.